The molecule has 2 aliphatic rings. The summed E-state index contributed by atoms with van der Waals surface area (Å²) in [6.45, 7) is 0.392. The SMILES string of the molecule is CNCC(=O)N1C2Cc3ccccc3C1c1ccccc12. The molecule has 0 spiro atoms. The van der Waals surface area contributed by atoms with E-state index in [-0.39, 0.29) is 18.0 Å². The van der Waals surface area contributed by atoms with Crippen LogP contribution in [-0.4, -0.2) is 24.4 Å². The van der Waals surface area contributed by atoms with Crippen LogP contribution in [0.4, 0.5) is 0 Å². The fraction of sp³-hybridized carbons (Fsp3) is 0.278. The quantitative estimate of drug-likeness (QED) is 0.915. The molecule has 2 aliphatic heterocycles. The molecule has 0 fully saturated rings. The molecule has 21 heavy (non-hydrogen) atoms. The van der Waals surface area contributed by atoms with Gasteiger partial charge in [-0.1, -0.05) is 48.5 Å². The standard InChI is InChI=1S/C18H18N2O/c1-19-11-17(21)20-16-10-12-6-2-3-7-13(12)18(20)15-9-5-4-8-14(15)16/h2-9,16,18-19H,10-11H2,1H3. The van der Waals surface area contributed by atoms with E-state index < -0.39 is 0 Å². The van der Waals surface area contributed by atoms with E-state index in [1.54, 1.807) is 0 Å². The van der Waals surface area contributed by atoms with Crippen LogP contribution in [0.5, 0.6) is 0 Å². The molecule has 106 valence electrons. The van der Waals surface area contributed by atoms with Gasteiger partial charge in [0.15, 0.2) is 0 Å². The number of nitrogens with zero attached hydrogens (tertiary/aromatic N) is 1. The van der Waals surface area contributed by atoms with Crippen molar-refractivity contribution in [1.29, 1.82) is 0 Å². The van der Waals surface area contributed by atoms with Gasteiger partial charge in [0.25, 0.3) is 0 Å². The van der Waals surface area contributed by atoms with Crippen molar-refractivity contribution < 1.29 is 4.79 Å². The molecule has 0 saturated carbocycles. The highest BCUT2D eigenvalue weighted by Gasteiger charge is 2.45. The second-order valence-electron chi connectivity index (χ2n) is 5.78. The minimum Gasteiger partial charge on any atom is -0.323 e. The number of carbonyl (C=O) groups is 1. The van der Waals surface area contributed by atoms with Gasteiger partial charge in [-0.25, -0.2) is 0 Å². The second-order valence-corrected chi connectivity index (χ2v) is 5.78. The number of benzene rings is 2. The smallest absolute Gasteiger partial charge is 0.237 e. The summed E-state index contributed by atoms with van der Waals surface area (Å²) in [4.78, 5) is 14.7. The summed E-state index contributed by atoms with van der Waals surface area (Å²) < 4.78 is 0. The molecule has 0 aliphatic carbocycles. The van der Waals surface area contributed by atoms with Gasteiger partial charge in [-0.2, -0.15) is 0 Å². The van der Waals surface area contributed by atoms with Gasteiger partial charge < -0.3 is 10.2 Å². The molecular formula is C18H18N2O. The summed E-state index contributed by atoms with van der Waals surface area (Å²) in [5, 5.41) is 2.99. The van der Waals surface area contributed by atoms with Gasteiger partial charge in [-0.15, -0.1) is 0 Å². The molecule has 2 unspecified atom stereocenters. The van der Waals surface area contributed by atoms with Gasteiger partial charge in [-0.3, -0.25) is 4.79 Å². The predicted molar refractivity (Wildman–Crippen MR) is 81.9 cm³/mol. The lowest BCUT2D eigenvalue weighted by Gasteiger charge is -2.37. The topological polar surface area (TPSA) is 32.3 Å². The first-order valence-corrected chi connectivity index (χ1v) is 7.43. The largest absolute Gasteiger partial charge is 0.323 e. The van der Waals surface area contributed by atoms with E-state index in [9.17, 15) is 4.79 Å². The van der Waals surface area contributed by atoms with Crippen molar-refractivity contribution in [2.24, 2.45) is 0 Å². The normalized spacial score (nSPS) is 21.9. The zero-order valence-electron chi connectivity index (χ0n) is 12.0. The van der Waals surface area contributed by atoms with Gasteiger partial charge in [0.05, 0.1) is 18.6 Å². The Morgan fingerprint density at radius 3 is 2.52 bits per heavy atom. The molecule has 2 heterocycles. The molecule has 3 nitrogen and oxygen atoms in total. The third-order valence-corrected chi connectivity index (χ3v) is 4.64. The molecule has 1 amide bonds. The van der Waals surface area contributed by atoms with Gasteiger partial charge in [-0.05, 0) is 35.7 Å². The number of carbonyl (C=O) groups excluding carboxylic acids is 1. The number of likely N-dealkylation sites (N-methyl/N-ethyl adjacent to an activating group) is 1. The van der Waals surface area contributed by atoms with Crippen LogP contribution in [0.1, 0.15) is 34.3 Å². The van der Waals surface area contributed by atoms with E-state index in [1.165, 1.54) is 22.3 Å². The van der Waals surface area contributed by atoms with Crippen LogP contribution >= 0.6 is 0 Å². The number of hydrogen-bond donors (Lipinski definition) is 1. The van der Waals surface area contributed by atoms with E-state index in [0.717, 1.165) is 6.42 Å². The first kappa shape index (κ1) is 12.6. The maximum Gasteiger partial charge on any atom is 0.237 e. The van der Waals surface area contributed by atoms with E-state index in [2.05, 4.69) is 58.7 Å². The van der Waals surface area contributed by atoms with Gasteiger partial charge in [0, 0.05) is 0 Å². The van der Waals surface area contributed by atoms with Crippen LogP contribution in [0, 0.1) is 0 Å². The molecule has 0 saturated heterocycles. The highest BCUT2D eigenvalue weighted by molar-refractivity contribution is 5.81. The Morgan fingerprint density at radius 1 is 1.10 bits per heavy atom. The van der Waals surface area contributed by atoms with E-state index in [4.69, 9.17) is 0 Å². The number of amides is 1. The van der Waals surface area contributed by atoms with E-state index in [1.807, 2.05) is 7.05 Å². The third kappa shape index (κ3) is 1.74. The van der Waals surface area contributed by atoms with Crippen LogP contribution in [0.3, 0.4) is 0 Å². The zero-order valence-corrected chi connectivity index (χ0v) is 12.0. The summed E-state index contributed by atoms with van der Waals surface area (Å²) in [6, 6.07) is 17.3. The van der Waals surface area contributed by atoms with Gasteiger partial charge >= 0.3 is 0 Å². The van der Waals surface area contributed by atoms with Crippen LogP contribution < -0.4 is 5.32 Å². The summed E-state index contributed by atoms with van der Waals surface area (Å²) in [5.41, 5.74) is 5.25. The highest BCUT2D eigenvalue weighted by atomic mass is 16.2. The van der Waals surface area contributed by atoms with Crippen molar-refractivity contribution in [3.63, 3.8) is 0 Å². The minimum absolute atomic E-state index is 0.0806. The Morgan fingerprint density at radius 2 is 1.76 bits per heavy atom. The number of rotatable bonds is 2. The molecular weight excluding hydrogens is 260 g/mol. The van der Waals surface area contributed by atoms with Crippen molar-refractivity contribution >= 4 is 5.91 Å². The zero-order chi connectivity index (χ0) is 14.4. The average Bonchev–Trinajstić information content (AvgIpc) is 2.76. The minimum atomic E-state index is 0.0806. The van der Waals surface area contributed by atoms with Crippen molar-refractivity contribution in [2.75, 3.05) is 13.6 Å². The Balaban J connectivity index is 1.89. The van der Waals surface area contributed by atoms with Crippen LogP contribution in [0.25, 0.3) is 0 Å². The maximum atomic E-state index is 12.6. The molecule has 0 radical (unpaired) electrons. The van der Waals surface area contributed by atoms with Crippen LogP contribution in [-0.2, 0) is 11.2 Å². The lowest BCUT2D eigenvalue weighted by Crippen LogP contribution is -2.41. The highest BCUT2D eigenvalue weighted by Crippen LogP contribution is 2.51. The molecule has 2 aromatic rings. The first-order chi connectivity index (χ1) is 10.3. The van der Waals surface area contributed by atoms with Crippen molar-refractivity contribution in [3.8, 4) is 0 Å². The summed E-state index contributed by atoms with van der Waals surface area (Å²) in [5.74, 6) is 0.179. The summed E-state index contributed by atoms with van der Waals surface area (Å²) in [6.07, 6.45) is 0.916. The van der Waals surface area contributed by atoms with Crippen molar-refractivity contribution in [3.05, 3.63) is 70.8 Å². The molecule has 3 heteroatoms. The Bertz CT molecular complexity index is 699. The molecule has 2 atom stereocenters. The van der Waals surface area contributed by atoms with Crippen LogP contribution in [0.15, 0.2) is 48.5 Å². The summed E-state index contributed by atoms with van der Waals surface area (Å²) in [7, 11) is 1.82. The lowest BCUT2D eigenvalue weighted by atomic mass is 9.91. The number of hydrogen-bond acceptors (Lipinski definition) is 2. The molecule has 2 aromatic carbocycles. The third-order valence-electron chi connectivity index (χ3n) is 4.64. The Labute approximate surface area is 124 Å². The van der Waals surface area contributed by atoms with Gasteiger partial charge in [0.1, 0.15) is 0 Å². The van der Waals surface area contributed by atoms with Gasteiger partial charge in [0.2, 0.25) is 5.91 Å². The fourth-order valence-electron chi connectivity index (χ4n) is 3.82. The summed E-state index contributed by atoms with van der Waals surface area (Å²) >= 11 is 0. The van der Waals surface area contributed by atoms with Crippen LogP contribution in [0.2, 0.25) is 0 Å². The molecule has 0 aromatic heterocycles. The number of fused-ring (bicyclic) bond motifs is 7. The van der Waals surface area contributed by atoms with Crippen molar-refractivity contribution in [1.82, 2.24) is 10.2 Å². The van der Waals surface area contributed by atoms with Crippen molar-refractivity contribution in [2.45, 2.75) is 18.5 Å². The molecule has 4 rings (SSSR count). The molecule has 2 bridgehead atoms. The lowest BCUT2D eigenvalue weighted by molar-refractivity contribution is -0.134. The first-order valence-electron chi connectivity index (χ1n) is 7.43. The maximum absolute atomic E-state index is 12.6. The van der Waals surface area contributed by atoms with E-state index in [0.29, 0.717) is 6.54 Å². The monoisotopic (exact) mass is 278 g/mol. The second kappa shape index (κ2) is 4.71. The average molecular weight is 278 g/mol. The fourth-order valence-corrected chi connectivity index (χ4v) is 3.82. The predicted octanol–water partition coefficient (Wildman–Crippen LogP) is 2.43. The van der Waals surface area contributed by atoms with E-state index >= 15 is 0 Å². The Hall–Kier alpha value is -2.13. The number of nitrogens with one attached hydrogen (secondary N) is 1. The molecule has 1 N–H and O–H groups in total. The Kier molecular flexibility index (Phi) is 2.82.